The standard InChI is InChI=1S/C11H23N3OS/c1-5-8-12-11(16)13-9(4)10(15)14(6-2)7-3/h9H,5-8H2,1-4H3,(H2,12,13,16). The Bertz CT molecular complexity index is 229. The molecule has 1 unspecified atom stereocenters. The van der Waals surface area contributed by atoms with E-state index in [1.807, 2.05) is 20.8 Å². The molecule has 0 saturated heterocycles. The number of amides is 1. The summed E-state index contributed by atoms with van der Waals surface area (Å²) in [7, 11) is 0. The van der Waals surface area contributed by atoms with Crippen LogP contribution in [0.4, 0.5) is 0 Å². The zero-order valence-corrected chi connectivity index (χ0v) is 11.5. The van der Waals surface area contributed by atoms with Gasteiger partial charge in [-0.3, -0.25) is 4.79 Å². The number of likely N-dealkylation sites (N-methyl/N-ethyl adjacent to an activating group) is 1. The van der Waals surface area contributed by atoms with Crippen molar-refractivity contribution in [2.75, 3.05) is 19.6 Å². The number of thiocarbonyl (C=S) groups is 1. The molecule has 0 aromatic rings. The van der Waals surface area contributed by atoms with Gasteiger partial charge >= 0.3 is 0 Å². The lowest BCUT2D eigenvalue weighted by molar-refractivity contribution is -0.132. The van der Waals surface area contributed by atoms with E-state index in [0.29, 0.717) is 5.11 Å². The largest absolute Gasteiger partial charge is 0.363 e. The van der Waals surface area contributed by atoms with Crippen LogP contribution in [0.25, 0.3) is 0 Å². The first-order chi connectivity index (χ1) is 7.56. The molecule has 0 saturated carbocycles. The second kappa shape index (κ2) is 8.33. The van der Waals surface area contributed by atoms with Gasteiger partial charge in [0.1, 0.15) is 6.04 Å². The molecule has 0 aromatic heterocycles. The minimum atomic E-state index is -0.267. The molecule has 1 atom stereocenters. The molecular formula is C11H23N3OS. The van der Waals surface area contributed by atoms with Crippen molar-refractivity contribution >= 4 is 23.2 Å². The van der Waals surface area contributed by atoms with Crippen LogP contribution in [0.15, 0.2) is 0 Å². The number of carbonyl (C=O) groups is 1. The Balaban J connectivity index is 4.08. The molecule has 0 bridgehead atoms. The predicted molar refractivity (Wildman–Crippen MR) is 71.4 cm³/mol. The molecule has 2 N–H and O–H groups in total. The lowest BCUT2D eigenvalue weighted by atomic mass is 10.3. The van der Waals surface area contributed by atoms with Crippen molar-refractivity contribution in [1.82, 2.24) is 15.5 Å². The van der Waals surface area contributed by atoms with E-state index in [1.165, 1.54) is 0 Å². The van der Waals surface area contributed by atoms with Crippen molar-refractivity contribution in [3.63, 3.8) is 0 Å². The highest BCUT2D eigenvalue weighted by Crippen LogP contribution is 1.94. The normalized spacial score (nSPS) is 11.8. The van der Waals surface area contributed by atoms with E-state index in [9.17, 15) is 4.79 Å². The molecule has 4 nitrogen and oxygen atoms in total. The van der Waals surface area contributed by atoms with Crippen LogP contribution in [0.3, 0.4) is 0 Å². The summed E-state index contributed by atoms with van der Waals surface area (Å²) in [5, 5.41) is 6.59. The van der Waals surface area contributed by atoms with Crippen molar-refractivity contribution in [2.24, 2.45) is 0 Å². The van der Waals surface area contributed by atoms with Gasteiger partial charge in [0.15, 0.2) is 5.11 Å². The summed E-state index contributed by atoms with van der Waals surface area (Å²) in [4.78, 5) is 13.7. The molecule has 0 fully saturated rings. The maximum Gasteiger partial charge on any atom is 0.244 e. The first kappa shape index (κ1) is 15.2. The van der Waals surface area contributed by atoms with E-state index in [2.05, 4.69) is 17.6 Å². The minimum absolute atomic E-state index is 0.0886. The molecule has 5 heteroatoms. The van der Waals surface area contributed by atoms with Crippen LogP contribution < -0.4 is 10.6 Å². The Labute approximate surface area is 104 Å². The lowest BCUT2D eigenvalue weighted by Gasteiger charge is -2.24. The Hall–Kier alpha value is -0.840. The maximum absolute atomic E-state index is 11.9. The van der Waals surface area contributed by atoms with Crippen LogP contribution in [0.1, 0.15) is 34.1 Å². The molecule has 0 spiro atoms. The molecule has 1 amide bonds. The maximum atomic E-state index is 11.9. The molecule has 94 valence electrons. The van der Waals surface area contributed by atoms with Gasteiger partial charge in [0.2, 0.25) is 5.91 Å². The lowest BCUT2D eigenvalue weighted by Crippen LogP contribution is -2.49. The van der Waals surface area contributed by atoms with Crippen LogP contribution in [-0.4, -0.2) is 41.6 Å². The predicted octanol–water partition coefficient (Wildman–Crippen LogP) is 1.12. The second-order valence-corrected chi connectivity index (χ2v) is 4.04. The van der Waals surface area contributed by atoms with Crippen LogP contribution in [-0.2, 0) is 4.79 Å². The smallest absolute Gasteiger partial charge is 0.244 e. The van der Waals surface area contributed by atoms with Crippen LogP contribution in [0.2, 0.25) is 0 Å². The van der Waals surface area contributed by atoms with E-state index in [1.54, 1.807) is 4.90 Å². The molecule has 0 aliphatic heterocycles. The van der Waals surface area contributed by atoms with Gasteiger partial charge in [0.05, 0.1) is 0 Å². The Morgan fingerprint density at radius 2 is 1.88 bits per heavy atom. The van der Waals surface area contributed by atoms with Crippen molar-refractivity contribution in [2.45, 2.75) is 40.2 Å². The molecule has 0 aromatic carbocycles. The van der Waals surface area contributed by atoms with Gasteiger partial charge < -0.3 is 15.5 Å². The van der Waals surface area contributed by atoms with E-state index >= 15 is 0 Å². The summed E-state index contributed by atoms with van der Waals surface area (Å²) in [5.41, 5.74) is 0. The van der Waals surface area contributed by atoms with Gasteiger partial charge in [-0.1, -0.05) is 6.92 Å². The molecule has 0 heterocycles. The topological polar surface area (TPSA) is 44.4 Å². The molecular weight excluding hydrogens is 222 g/mol. The van der Waals surface area contributed by atoms with Crippen molar-refractivity contribution < 1.29 is 4.79 Å². The molecule has 0 radical (unpaired) electrons. The monoisotopic (exact) mass is 245 g/mol. The fourth-order valence-electron chi connectivity index (χ4n) is 1.36. The zero-order valence-electron chi connectivity index (χ0n) is 10.7. The van der Waals surface area contributed by atoms with E-state index in [0.717, 1.165) is 26.1 Å². The minimum Gasteiger partial charge on any atom is -0.363 e. The number of nitrogens with zero attached hydrogens (tertiary/aromatic N) is 1. The molecule has 0 aliphatic rings. The van der Waals surface area contributed by atoms with Crippen LogP contribution in [0.5, 0.6) is 0 Å². The summed E-state index contributed by atoms with van der Waals surface area (Å²) in [5.74, 6) is 0.0886. The summed E-state index contributed by atoms with van der Waals surface area (Å²) in [6.45, 7) is 10.1. The van der Waals surface area contributed by atoms with Gasteiger partial charge in [-0.15, -0.1) is 0 Å². The van der Waals surface area contributed by atoms with Gasteiger partial charge in [-0.05, 0) is 39.4 Å². The number of hydrogen-bond acceptors (Lipinski definition) is 2. The van der Waals surface area contributed by atoms with E-state index in [4.69, 9.17) is 12.2 Å². The highest BCUT2D eigenvalue weighted by atomic mass is 32.1. The summed E-state index contributed by atoms with van der Waals surface area (Å²) < 4.78 is 0. The van der Waals surface area contributed by atoms with Crippen LogP contribution in [0, 0.1) is 0 Å². The van der Waals surface area contributed by atoms with Gasteiger partial charge in [-0.2, -0.15) is 0 Å². The van der Waals surface area contributed by atoms with Crippen molar-refractivity contribution in [3.8, 4) is 0 Å². The highest BCUT2D eigenvalue weighted by molar-refractivity contribution is 7.80. The summed E-state index contributed by atoms with van der Waals surface area (Å²) in [6.07, 6.45) is 1.01. The quantitative estimate of drug-likeness (QED) is 0.688. The second-order valence-electron chi connectivity index (χ2n) is 3.63. The summed E-state index contributed by atoms with van der Waals surface area (Å²) >= 11 is 5.08. The van der Waals surface area contributed by atoms with Gasteiger partial charge in [0.25, 0.3) is 0 Å². The SMILES string of the molecule is CCCNC(=S)NC(C)C(=O)N(CC)CC. The zero-order chi connectivity index (χ0) is 12.6. The Morgan fingerprint density at radius 3 is 2.31 bits per heavy atom. The Morgan fingerprint density at radius 1 is 1.31 bits per heavy atom. The van der Waals surface area contributed by atoms with Crippen molar-refractivity contribution in [3.05, 3.63) is 0 Å². The van der Waals surface area contributed by atoms with Gasteiger partial charge in [-0.25, -0.2) is 0 Å². The van der Waals surface area contributed by atoms with E-state index in [-0.39, 0.29) is 11.9 Å². The third-order valence-corrected chi connectivity index (χ3v) is 2.59. The van der Waals surface area contributed by atoms with Gasteiger partial charge in [0, 0.05) is 19.6 Å². The average molecular weight is 245 g/mol. The molecule has 0 rings (SSSR count). The summed E-state index contributed by atoms with van der Waals surface area (Å²) in [6, 6.07) is -0.267. The number of rotatable bonds is 6. The van der Waals surface area contributed by atoms with E-state index < -0.39 is 0 Å². The third kappa shape index (κ3) is 5.30. The number of nitrogens with one attached hydrogen (secondary N) is 2. The Kier molecular flexibility index (Phi) is 7.89. The number of carbonyl (C=O) groups excluding carboxylic acids is 1. The molecule has 0 aliphatic carbocycles. The van der Waals surface area contributed by atoms with Crippen LogP contribution >= 0.6 is 12.2 Å². The highest BCUT2D eigenvalue weighted by Gasteiger charge is 2.18. The molecule has 16 heavy (non-hydrogen) atoms. The number of hydrogen-bond donors (Lipinski definition) is 2. The first-order valence-electron chi connectivity index (χ1n) is 5.89. The van der Waals surface area contributed by atoms with Crippen molar-refractivity contribution in [1.29, 1.82) is 0 Å². The fourth-order valence-corrected chi connectivity index (χ4v) is 1.64. The fraction of sp³-hybridized carbons (Fsp3) is 0.818. The first-order valence-corrected chi connectivity index (χ1v) is 6.30. The third-order valence-electron chi connectivity index (χ3n) is 2.33. The average Bonchev–Trinajstić information content (AvgIpc) is 2.27.